The van der Waals surface area contributed by atoms with E-state index in [0.29, 0.717) is 30.3 Å². The molecule has 1 saturated heterocycles. The molecule has 0 aliphatic carbocycles. The second-order valence-electron chi connectivity index (χ2n) is 7.03. The van der Waals surface area contributed by atoms with E-state index >= 15 is 0 Å². The van der Waals surface area contributed by atoms with Gasteiger partial charge in [-0.1, -0.05) is 43.7 Å². The van der Waals surface area contributed by atoms with Crippen LogP contribution in [0.1, 0.15) is 37.9 Å². The highest BCUT2D eigenvalue weighted by Gasteiger charge is 2.20. The predicted octanol–water partition coefficient (Wildman–Crippen LogP) is 4.61. The molecule has 2 aromatic rings. The number of rotatable bonds is 7. The van der Waals surface area contributed by atoms with E-state index in [0.717, 1.165) is 47.9 Å². The van der Waals surface area contributed by atoms with E-state index in [4.69, 9.17) is 38.5 Å². The molecule has 30 heavy (non-hydrogen) atoms. The Hall–Kier alpha value is -2.64. The quantitative estimate of drug-likeness (QED) is 0.262. The fourth-order valence-corrected chi connectivity index (χ4v) is 3.73. The Morgan fingerprint density at radius 3 is 2.70 bits per heavy atom. The number of anilines is 2. The highest BCUT2D eigenvalue weighted by Crippen LogP contribution is 2.32. The number of hydrogen-bond donors (Lipinski definition) is 3. The summed E-state index contributed by atoms with van der Waals surface area (Å²) in [5, 5.41) is 7.80. The first-order chi connectivity index (χ1) is 14.6. The number of ether oxygens (including phenoxy) is 1. The smallest absolute Gasteiger partial charge is 0.162 e. The van der Waals surface area contributed by atoms with E-state index < -0.39 is 0 Å². The van der Waals surface area contributed by atoms with Crippen LogP contribution in [-0.4, -0.2) is 42.5 Å². The van der Waals surface area contributed by atoms with Gasteiger partial charge in [-0.2, -0.15) is 0 Å². The third kappa shape index (κ3) is 4.91. The lowest BCUT2D eigenvalue weighted by atomic mass is 10.1. The van der Waals surface area contributed by atoms with Crippen LogP contribution < -0.4 is 10.6 Å². The first-order valence-corrected chi connectivity index (χ1v) is 10.7. The van der Waals surface area contributed by atoms with Gasteiger partial charge < -0.3 is 20.8 Å². The molecular formula is C23H29N5OS. The van der Waals surface area contributed by atoms with Crippen LogP contribution in [0.25, 0.3) is 17.5 Å². The first-order valence-electron chi connectivity index (χ1n) is 10.3. The summed E-state index contributed by atoms with van der Waals surface area (Å²) in [6, 6.07) is 5.54. The van der Waals surface area contributed by atoms with Gasteiger partial charge in [-0.3, -0.25) is 0 Å². The molecule has 158 valence electrons. The molecule has 2 heterocycles. The summed E-state index contributed by atoms with van der Waals surface area (Å²) >= 11 is 4.79. The highest BCUT2D eigenvalue weighted by atomic mass is 32.1. The molecule has 3 N–H and O–H groups in total. The lowest BCUT2D eigenvalue weighted by Gasteiger charge is -2.29. The van der Waals surface area contributed by atoms with E-state index in [9.17, 15) is 0 Å². The zero-order valence-corrected chi connectivity index (χ0v) is 18.5. The Balaban J connectivity index is 2.16. The normalized spacial score (nSPS) is 15.0. The molecule has 6 nitrogen and oxygen atoms in total. The minimum absolute atomic E-state index is 0.533. The van der Waals surface area contributed by atoms with Crippen LogP contribution in [0.4, 0.5) is 11.5 Å². The molecule has 0 unspecified atom stereocenters. The molecule has 1 aliphatic heterocycles. The standard InChI is InChI=1S/C23H29N5OS/c1-3-6-16(4-2)9-10-20-21(30)23(28-11-13-29-14-12-28)27-22(26-20)17-7-5-8-19(25)18(17)15-24/h5-10,15,24,30H,3-4,11-14,25H2,1-2H3/b10-9+,16-6+,24-15?. The van der Waals surface area contributed by atoms with Crippen molar-refractivity contribution < 1.29 is 4.74 Å². The Morgan fingerprint density at radius 1 is 1.27 bits per heavy atom. The van der Waals surface area contributed by atoms with Gasteiger partial charge in [0.2, 0.25) is 0 Å². The van der Waals surface area contributed by atoms with Crippen LogP contribution in [0.2, 0.25) is 0 Å². The van der Waals surface area contributed by atoms with Gasteiger partial charge in [0.25, 0.3) is 0 Å². The molecule has 0 spiro atoms. The van der Waals surface area contributed by atoms with Gasteiger partial charge in [-0.25, -0.2) is 9.97 Å². The number of morpholine rings is 1. The van der Waals surface area contributed by atoms with Crippen molar-refractivity contribution in [2.75, 3.05) is 36.9 Å². The molecule has 0 radical (unpaired) electrons. The summed E-state index contributed by atoms with van der Waals surface area (Å²) in [6.45, 7) is 7.07. The minimum atomic E-state index is 0.533. The molecule has 0 amide bonds. The molecule has 7 heteroatoms. The number of allylic oxidation sites excluding steroid dienone is 3. The maximum Gasteiger partial charge on any atom is 0.162 e. The van der Waals surface area contributed by atoms with E-state index in [-0.39, 0.29) is 0 Å². The minimum Gasteiger partial charge on any atom is -0.398 e. The number of hydrogen-bond acceptors (Lipinski definition) is 7. The highest BCUT2D eigenvalue weighted by molar-refractivity contribution is 7.80. The fraction of sp³-hybridized carbons (Fsp3) is 0.348. The van der Waals surface area contributed by atoms with Crippen LogP contribution in [0.15, 0.2) is 40.8 Å². The van der Waals surface area contributed by atoms with Gasteiger partial charge >= 0.3 is 0 Å². The predicted molar refractivity (Wildman–Crippen MR) is 128 cm³/mol. The summed E-state index contributed by atoms with van der Waals surface area (Å²) in [6.07, 6.45) is 9.50. The molecule has 1 aromatic heterocycles. The van der Waals surface area contributed by atoms with Crippen LogP contribution in [0.3, 0.4) is 0 Å². The second kappa shape index (κ2) is 10.4. The molecule has 0 saturated carbocycles. The average molecular weight is 424 g/mol. The number of benzene rings is 1. The summed E-state index contributed by atoms with van der Waals surface area (Å²) in [5.41, 5.74) is 9.99. The second-order valence-corrected chi connectivity index (χ2v) is 7.48. The SMILES string of the molecule is CC/C=C(/C=C/c1nc(-c2cccc(N)c2C=N)nc(N2CCOCC2)c1S)CC. The number of nitrogen functional groups attached to an aromatic ring is 1. The van der Waals surface area contributed by atoms with Crippen molar-refractivity contribution in [1.82, 2.24) is 9.97 Å². The van der Waals surface area contributed by atoms with Crippen molar-refractivity contribution >= 4 is 36.4 Å². The lowest BCUT2D eigenvalue weighted by molar-refractivity contribution is 0.122. The molecule has 0 bridgehead atoms. The van der Waals surface area contributed by atoms with Crippen LogP contribution in [-0.2, 0) is 4.74 Å². The van der Waals surface area contributed by atoms with Crippen molar-refractivity contribution in [2.24, 2.45) is 0 Å². The Bertz CT molecular complexity index is 964. The van der Waals surface area contributed by atoms with Gasteiger partial charge in [-0.05, 0) is 25.0 Å². The van der Waals surface area contributed by atoms with Crippen molar-refractivity contribution in [1.29, 1.82) is 5.41 Å². The molecule has 1 fully saturated rings. The van der Waals surface area contributed by atoms with Crippen molar-refractivity contribution in [3.05, 3.63) is 47.2 Å². The first kappa shape index (κ1) is 22.1. The van der Waals surface area contributed by atoms with E-state index in [1.165, 1.54) is 11.8 Å². The fourth-order valence-electron chi connectivity index (χ4n) is 3.41. The van der Waals surface area contributed by atoms with Crippen molar-refractivity contribution in [3.63, 3.8) is 0 Å². The molecule has 1 aliphatic rings. The van der Waals surface area contributed by atoms with Gasteiger partial charge in [0.15, 0.2) is 5.82 Å². The third-order valence-electron chi connectivity index (χ3n) is 5.06. The number of nitrogens with zero attached hydrogens (tertiary/aromatic N) is 3. The van der Waals surface area contributed by atoms with Crippen molar-refractivity contribution in [2.45, 2.75) is 31.6 Å². The summed E-state index contributed by atoms with van der Waals surface area (Å²) < 4.78 is 5.50. The zero-order chi connectivity index (χ0) is 21.5. The largest absolute Gasteiger partial charge is 0.398 e. The van der Waals surface area contributed by atoms with Gasteiger partial charge in [-0.15, -0.1) is 12.6 Å². The summed E-state index contributed by atoms with van der Waals surface area (Å²) in [5.74, 6) is 1.32. The van der Waals surface area contributed by atoms with Crippen LogP contribution in [0.5, 0.6) is 0 Å². The Labute approximate surface area is 183 Å². The molecule has 1 aromatic carbocycles. The van der Waals surface area contributed by atoms with Crippen LogP contribution in [0, 0.1) is 5.41 Å². The average Bonchev–Trinajstić information content (AvgIpc) is 2.77. The number of thiol groups is 1. The molecule has 0 atom stereocenters. The van der Waals surface area contributed by atoms with E-state index in [1.807, 2.05) is 18.2 Å². The Morgan fingerprint density at radius 2 is 2.03 bits per heavy atom. The third-order valence-corrected chi connectivity index (χ3v) is 5.49. The van der Waals surface area contributed by atoms with Crippen molar-refractivity contribution in [3.8, 4) is 11.4 Å². The zero-order valence-electron chi connectivity index (χ0n) is 17.6. The molecular weight excluding hydrogens is 394 g/mol. The van der Waals surface area contributed by atoms with Crippen LogP contribution >= 0.6 is 12.6 Å². The maximum absolute atomic E-state index is 7.80. The summed E-state index contributed by atoms with van der Waals surface area (Å²) in [7, 11) is 0. The van der Waals surface area contributed by atoms with Gasteiger partial charge in [0, 0.05) is 36.1 Å². The topological polar surface area (TPSA) is 88.1 Å². The van der Waals surface area contributed by atoms with E-state index in [1.54, 1.807) is 6.07 Å². The van der Waals surface area contributed by atoms with Gasteiger partial charge in [0.05, 0.1) is 23.8 Å². The Kier molecular flexibility index (Phi) is 7.65. The molecule has 3 rings (SSSR count). The monoisotopic (exact) mass is 423 g/mol. The number of aromatic nitrogens is 2. The lowest BCUT2D eigenvalue weighted by Crippen LogP contribution is -2.37. The summed E-state index contributed by atoms with van der Waals surface area (Å²) in [4.78, 5) is 12.5. The number of nitrogens with one attached hydrogen (secondary N) is 1. The van der Waals surface area contributed by atoms with E-state index in [2.05, 4.69) is 30.9 Å². The maximum atomic E-state index is 7.80. The number of nitrogens with two attached hydrogens (primary N) is 1. The van der Waals surface area contributed by atoms with Gasteiger partial charge in [0.1, 0.15) is 5.82 Å².